The van der Waals surface area contributed by atoms with Crippen LogP contribution in [0.2, 0.25) is 0 Å². The molecule has 0 amide bonds. The van der Waals surface area contributed by atoms with Crippen molar-refractivity contribution in [2.24, 2.45) is 5.92 Å². The van der Waals surface area contributed by atoms with E-state index in [9.17, 15) is 5.11 Å². The Balaban J connectivity index is 2.13. The van der Waals surface area contributed by atoms with Gasteiger partial charge in [0.1, 0.15) is 0 Å². The van der Waals surface area contributed by atoms with Crippen LogP contribution in [0.4, 0.5) is 0 Å². The number of rotatable bonds is 6. The van der Waals surface area contributed by atoms with Gasteiger partial charge in [-0.15, -0.1) is 0 Å². The van der Waals surface area contributed by atoms with Crippen molar-refractivity contribution < 1.29 is 5.11 Å². The second-order valence-electron chi connectivity index (χ2n) is 3.96. The van der Waals surface area contributed by atoms with Crippen LogP contribution >= 0.6 is 11.3 Å². The number of thiophene rings is 1. The Morgan fingerprint density at radius 1 is 1.50 bits per heavy atom. The molecule has 80 valence electrons. The van der Waals surface area contributed by atoms with Gasteiger partial charge < -0.3 is 10.4 Å². The topological polar surface area (TPSA) is 32.3 Å². The van der Waals surface area contributed by atoms with Crippen molar-refractivity contribution in [1.82, 2.24) is 5.32 Å². The summed E-state index contributed by atoms with van der Waals surface area (Å²) in [6.45, 7) is 6.05. The molecule has 1 aromatic rings. The maximum Gasteiger partial charge on any atom is 0.0922 e. The lowest BCUT2D eigenvalue weighted by Crippen LogP contribution is -2.23. The third kappa shape index (κ3) is 4.22. The van der Waals surface area contributed by atoms with Crippen molar-refractivity contribution >= 4 is 11.3 Å². The van der Waals surface area contributed by atoms with E-state index in [2.05, 4.69) is 19.2 Å². The lowest BCUT2D eigenvalue weighted by atomic mass is 10.1. The second-order valence-corrected chi connectivity index (χ2v) is 4.74. The molecule has 0 aliphatic carbocycles. The number of aliphatic hydroxyl groups is 1. The Morgan fingerprint density at radius 3 is 2.86 bits per heavy atom. The fraction of sp³-hybridized carbons (Fsp3) is 0.636. The molecule has 0 aliphatic heterocycles. The Labute approximate surface area is 90.0 Å². The summed E-state index contributed by atoms with van der Waals surface area (Å²) < 4.78 is 0. The largest absolute Gasteiger partial charge is 0.387 e. The lowest BCUT2D eigenvalue weighted by Gasteiger charge is -2.11. The number of aliphatic hydroxyl groups excluding tert-OH is 1. The van der Waals surface area contributed by atoms with Crippen LogP contribution in [0.15, 0.2) is 16.8 Å². The first-order valence-corrected chi connectivity index (χ1v) is 6.05. The van der Waals surface area contributed by atoms with Crippen LogP contribution < -0.4 is 5.32 Å². The van der Waals surface area contributed by atoms with E-state index < -0.39 is 0 Å². The molecule has 0 bridgehead atoms. The first-order chi connectivity index (χ1) is 6.70. The van der Waals surface area contributed by atoms with Crippen molar-refractivity contribution in [3.8, 4) is 0 Å². The Bertz CT molecular complexity index is 233. The zero-order valence-electron chi connectivity index (χ0n) is 8.86. The maximum absolute atomic E-state index is 9.72. The normalized spacial score (nSPS) is 13.4. The van der Waals surface area contributed by atoms with E-state index in [1.807, 2.05) is 16.8 Å². The molecule has 1 unspecified atom stereocenters. The molecule has 2 nitrogen and oxygen atoms in total. The van der Waals surface area contributed by atoms with E-state index in [1.165, 1.54) is 0 Å². The zero-order valence-corrected chi connectivity index (χ0v) is 9.68. The predicted octanol–water partition coefficient (Wildman–Crippen LogP) is 2.42. The quantitative estimate of drug-likeness (QED) is 0.711. The van der Waals surface area contributed by atoms with E-state index in [0.29, 0.717) is 6.54 Å². The third-order valence-electron chi connectivity index (χ3n) is 2.16. The molecule has 0 spiro atoms. The van der Waals surface area contributed by atoms with Gasteiger partial charge in [-0.05, 0) is 41.3 Å². The minimum Gasteiger partial charge on any atom is -0.387 e. The molecule has 0 fully saturated rings. The summed E-state index contributed by atoms with van der Waals surface area (Å²) in [4.78, 5) is 0. The monoisotopic (exact) mass is 213 g/mol. The number of nitrogens with one attached hydrogen (secondary N) is 1. The number of hydrogen-bond acceptors (Lipinski definition) is 3. The average Bonchev–Trinajstić information content (AvgIpc) is 2.64. The second kappa shape index (κ2) is 6.17. The van der Waals surface area contributed by atoms with Crippen molar-refractivity contribution in [3.63, 3.8) is 0 Å². The minimum absolute atomic E-state index is 0.353. The van der Waals surface area contributed by atoms with Crippen LogP contribution in [0.5, 0.6) is 0 Å². The van der Waals surface area contributed by atoms with Gasteiger partial charge in [-0.1, -0.05) is 13.8 Å². The van der Waals surface area contributed by atoms with E-state index in [1.54, 1.807) is 11.3 Å². The highest BCUT2D eigenvalue weighted by atomic mass is 32.1. The molecule has 14 heavy (non-hydrogen) atoms. The molecule has 2 N–H and O–H groups in total. The maximum atomic E-state index is 9.72. The fourth-order valence-electron chi connectivity index (χ4n) is 1.21. The smallest absolute Gasteiger partial charge is 0.0922 e. The fourth-order valence-corrected chi connectivity index (χ4v) is 1.92. The minimum atomic E-state index is -0.353. The molecule has 1 rings (SSSR count). The van der Waals surface area contributed by atoms with E-state index >= 15 is 0 Å². The standard InChI is InChI=1S/C11H19NOS/c1-9(2)3-5-12-7-11(13)10-4-6-14-8-10/h4,6,8-9,11-13H,3,5,7H2,1-2H3. The highest BCUT2D eigenvalue weighted by Gasteiger charge is 2.06. The summed E-state index contributed by atoms with van der Waals surface area (Å²) in [5.74, 6) is 0.723. The van der Waals surface area contributed by atoms with Gasteiger partial charge in [0.15, 0.2) is 0 Å². The van der Waals surface area contributed by atoms with Crippen molar-refractivity contribution in [2.45, 2.75) is 26.4 Å². The Hall–Kier alpha value is -0.380. The van der Waals surface area contributed by atoms with E-state index in [0.717, 1.165) is 24.4 Å². The summed E-state index contributed by atoms with van der Waals surface area (Å²) in [5.41, 5.74) is 1.02. The molecular formula is C11H19NOS. The lowest BCUT2D eigenvalue weighted by molar-refractivity contribution is 0.175. The summed E-state index contributed by atoms with van der Waals surface area (Å²) in [5, 5.41) is 17.0. The Kier molecular flexibility index (Phi) is 5.15. The molecule has 3 heteroatoms. The van der Waals surface area contributed by atoms with Crippen LogP contribution in [-0.2, 0) is 0 Å². The van der Waals surface area contributed by atoms with Gasteiger partial charge in [-0.3, -0.25) is 0 Å². The zero-order chi connectivity index (χ0) is 10.4. The summed E-state index contributed by atoms with van der Waals surface area (Å²) in [7, 11) is 0. The van der Waals surface area contributed by atoms with Crippen molar-refractivity contribution in [1.29, 1.82) is 0 Å². The van der Waals surface area contributed by atoms with Gasteiger partial charge in [-0.2, -0.15) is 11.3 Å². The number of hydrogen-bond donors (Lipinski definition) is 2. The van der Waals surface area contributed by atoms with Crippen LogP contribution in [0.25, 0.3) is 0 Å². The first-order valence-electron chi connectivity index (χ1n) is 5.11. The van der Waals surface area contributed by atoms with E-state index in [-0.39, 0.29) is 6.10 Å². The summed E-state index contributed by atoms with van der Waals surface area (Å²) >= 11 is 1.62. The van der Waals surface area contributed by atoms with Gasteiger partial charge in [-0.25, -0.2) is 0 Å². The van der Waals surface area contributed by atoms with Gasteiger partial charge in [0, 0.05) is 6.54 Å². The predicted molar refractivity (Wildman–Crippen MR) is 61.6 cm³/mol. The van der Waals surface area contributed by atoms with Crippen LogP contribution in [-0.4, -0.2) is 18.2 Å². The van der Waals surface area contributed by atoms with E-state index in [4.69, 9.17) is 0 Å². The molecule has 1 heterocycles. The first kappa shape index (κ1) is 11.7. The van der Waals surface area contributed by atoms with Gasteiger partial charge in [0.25, 0.3) is 0 Å². The molecule has 0 aliphatic rings. The summed E-state index contributed by atoms with van der Waals surface area (Å²) in [6, 6.07) is 1.97. The van der Waals surface area contributed by atoms with Gasteiger partial charge >= 0.3 is 0 Å². The highest BCUT2D eigenvalue weighted by Crippen LogP contribution is 2.14. The SMILES string of the molecule is CC(C)CCNCC(O)c1ccsc1. The van der Waals surface area contributed by atoms with Crippen LogP contribution in [0, 0.1) is 5.92 Å². The van der Waals surface area contributed by atoms with Crippen molar-refractivity contribution in [3.05, 3.63) is 22.4 Å². The van der Waals surface area contributed by atoms with Crippen LogP contribution in [0.1, 0.15) is 31.9 Å². The molecular weight excluding hydrogens is 194 g/mol. The Morgan fingerprint density at radius 2 is 2.29 bits per heavy atom. The van der Waals surface area contributed by atoms with Gasteiger partial charge in [0.2, 0.25) is 0 Å². The van der Waals surface area contributed by atoms with Crippen molar-refractivity contribution in [2.75, 3.05) is 13.1 Å². The molecule has 0 aromatic carbocycles. The molecule has 0 saturated carbocycles. The molecule has 1 atom stereocenters. The van der Waals surface area contributed by atoms with Crippen LogP contribution in [0.3, 0.4) is 0 Å². The summed E-state index contributed by atoms with van der Waals surface area (Å²) in [6.07, 6.45) is 0.810. The van der Waals surface area contributed by atoms with Gasteiger partial charge in [0.05, 0.1) is 6.10 Å². The highest BCUT2D eigenvalue weighted by molar-refractivity contribution is 7.07. The molecule has 0 radical (unpaired) electrons. The average molecular weight is 213 g/mol. The third-order valence-corrected chi connectivity index (χ3v) is 2.87. The molecule has 1 aromatic heterocycles. The molecule has 0 saturated heterocycles.